The second kappa shape index (κ2) is 10.8. The summed E-state index contributed by atoms with van der Waals surface area (Å²) in [5.41, 5.74) is 11.7. The van der Waals surface area contributed by atoms with Gasteiger partial charge < -0.3 is 4.42 Å². The van der Waals surface area contributed by atoms with Gasteiger partial charge in [-0.05, 0) is 73.1 Å². The van der Waals surface area contributed by atoms with Crippen LogP contribution in [-0.4, -0.2) is 15.0 Å². The van der Waals surface area contributed by atoms with Crippen molar-refractivity contribution >= 4 is 43.5 Å². The molecule has 2 aromatic heterocycles. The molecule has 4 nitrogen and oxygen atoms in total. The summed E-state index contributed by atoms with van der Waals surface area (Å²) in [4.78, 5) is 15.5. The molecule has 0 fully saturated rings. The zero-order valence-electron chi connectivity index (χ0n) is 27.3. The lowest BCUT2D eigenvalue weighted by atomic mass is 9.99. The van der Waals surface area contributed by atoms with Crippen LogP contribution in [0, 0.1) is 0 Å². The average molecular weight is 650 g/mol. The summed E-state index contributed by atoms with van der Waals surface area (Å²) in [6, 6.07) is 57.3. The van der Waals surface area contributed by atoms with Gasteiger partial charge in [0.15, 0.2) is 17.5 Å². The topological polar surface area (TPSA) is 51.8 Å². The SMILES string of the molecule is c1ccc(-c2ccc(-c3nc(-c4cccc5ccccc45)nc(-c4cccc5oc6cc7c(cc6c45)-c4cccc5cccc-7c45)n3)cc2)cc1. The molecule has 10 aromatic rings. The second-order valence-corrected chi connectivity index (χ2v) is 13.2. The first kappa shape index (κ1) is 28.0. The van der Waals surface area contributed by atoms with E-state index in [-0.39, 0.29) is 0 Å². The Balaban J connectivity index is 1.14. The maximum Gasteiger partial charge on any atom is 0.164 e. The fraction of sp³-hybridized carbons (Fsp3) is 0. The normalized spacial score (nSPS) is 11.9. The lowest BCUT2D eigenvalue weighted by Gasteiger charge is -2.11. The first-order valence-corrected chi connectivity index (χ1v) is 17.2. The van der Waals surface area contributed by atoms with E-state index in [0.717, 1.165) is 55.0 Å². The molecule has 2 heterocycles. The number of rotatable bonds is 4. The van der Waals surface area contributed by atoms with Gasteiger partial charge in [0.2, 0.25) is 0 Å². The van der Waals surface area contributed by atoms with E-state index in [9.17, 15) is 0 Å². The van der Waals surface area contributed by atoms with E-state index in [0.29, 0.717) is 17.5 Å². The Labute approximate surface area is 293 Å². The van der Waals surface area contributed by atoms with Gasteiger partial charge in [-0.25, -0.2) is 15.0 Å². The molecule has 236 valence electrons. The molecule has 0 N–H and O–H groups in total. The van der Waals surface area contributed by atoms with Crippen LogP contribution in [0.3, 0.4) is 0 Å². The maximum atomic E-state index is 6.61. The molecule has 0 saturated carbocycles. The molecule has 0 atom stereocenters. The predicted octanol–water partition coefficient (Wildman–Crippen LogP) is 12.4. The van der Waals surface area contributed by atoms with E-state index >= 15 is 0 Å². The fourth-order valence-corrected chi connectivity index (χ4v) is 7.90. The molecule has 0 spiro atoms. The van der Waals surface area contributed by atoms with Crippen molar-refractivity contribution in [3.05, 3.63) is 164 Å². The molecule has 4 heteroatoms. The van der Waals surface area contributed by atoms with Crippen molar-refractivity contribution in [3.8, 4) is 67.5 Å². The quantitative estimate of drug-likeness (QED) is 0.190. The number of hydrogen-bond donors (Lipinski definition) is 0. The van der Waals surface area contributed by atoms with Gasteiger partial charge in [0.05, 0.1) is 0 Å². The van der Waals surface area contributed by atoms with Gasteiger partial charge in [-0.1, -0.05) is 146 Å². The van der Waals surface area contributed by atoms with Crippen molar-refractivity contribution in [2.75, 3.05) is 0 Å². The van der Waals surface area contributed by atoms with Crippen LogP contribution >= 0.6 is 0 Å². The third-order valence-electron chi connectivity index (χ3n) is 10.3. The highest BCUT2D eigenvalue weighted by Crippen LogP contribution is 2.50. The minimum absolute atomic E-state index is 0.606. The van der Waals surface area contributed by atoms with Crippen molar-refractivity contribution in [2.45, 2.75) is 0 Å². The minimum Gasteiger partial charge on any atom is -0.456 e. The number of benzene rings is 8. The molecule has 0 saturated heterocycles. The van der Waals surface area contributed by atoms with Crippen LogP contribution in [0.1, 0.15) is 0 Å². The van der Waals surface area contributed by atoms with Crippen LogP contribution in [0.4, 0.5) is 0 Å². The van der Waals surface area contributed by atoms with Crippen LogP contribution < -0.4 is 0 Å². The zero-order valence-corrected chi connectivity index (χ0v) is 27.3. The van der Waals surface area contributed by atoms with Crippen LogP contribution in [0.25, 0.3) is 111 Å². The molecule has 0 unspecified atom stereocenters. The van der Waals surface area contributed by atoms with Crippen molar-refractivity contribution in [1.29, 1.82) is 0 Å². The number of aromatic nitrogens is 3. The van der Waals surface area contributed by atoms with Gasteiger partial charge in [-0.3, -0.25) is 0 Å². The molecule has 8 aromatic carbocycles. The largest absolute Gasteiger partial charge is 0.456 e. The molecule has 1 aliphatic carbocycles. The molecule has 0 bridgehead atoms. The van der Waals surface area contributed by atoms with E-state index < -0.39 is 0 Å². The van der Waals surface area contributed by atoms with E-state index in [4.69, 9.17) is 19.4 Å². The van der Waals surface area contributed by atoms with Crippen molar-refractivity contribution in [2.24, 2.45) is 0 Å². The van der Waals surface area contributed by atoms with Gasteiger partial charge in [0.25, 0.3) is 0 Å². The third kappa shape index (κ3) is 4.30. The van der Waals surface area contributed by atoms with Gasteiger partial charge in [0, 0.05) is 27.5 Å². The summed E-state index contributed by atoms with van der Waals surface area (Å²) in [6.45, 7) is 0. The standard InChI is InChI=1S/C47H27N3O/c1-2-10-28(11-3-1)29-22-24-32(25-23-29)45-48-46(36-19-6-13-30-12-4-5-16-33(30)36)50-47(49-45)37-20-9-21-41-44(37)40-26-38-34-17-7-14-31-15-8-18-35(43(31)34)39(38)27-42(40)51-41/h1-27H. The Morgan fingerprint density at radius 1 is 0.314 bits per heavy atom. The molecule has 0 aliphatic heterocycles. The number of hydrogen-bond acceptors (Lipinski definition) is 4. The summed E-state index contributed by atoms with van der Waals surface area (Å²) in [7, 11) is 0. The predicted molar refractivity (Wildman–Crippen MR) is 208 cm³/mol. The van der Waals surface area contributed by atoms with Gasteiger partial charge >= 0.3 is 0 Å². The van der Waals surface area contributed by atoms with E-state index in [1.54, 1.807) is 0 Å². The molecule has 0 amide bonds. The third-order valence-corrected chi connectivity index (χ3v) is 10.3. The van der Waals surface area contributed by atoms with E-state index in [2.05, 4.69) is 146 Å². The highest BCUT2D eigenvalue weighted by molar-refractivity contribution is 6.20. The van der Waals surface area contributed by atoms with E-state index in [1.807, 2.05) is 18.2 Å². The summed E-state index contributed by atoms with van der Waals surface area (Å²) >= 11 is 0. The monoisotopic (exact) mass is 649 g/mol. The van der Waals surface area contributed by atoms with Crippen molar-refractivity contribution in [1.82, 2.24) is 15.0 Å². The summed E-state index contributed by atoms with van der Waals surface area (Å²) in [5.74, 6) is 1.86. The summed E-state index contributed by atoms with van der Waals surface area (Å²) in [6.07, 6.45) is 0. The number of fused-ring (bicyclic) bond motifs is 7. The zero-order chi connectivity index (χ0) is 33.5. The van der Waals surface area contributed by atoms with Gasteiger partial charge in [-0.2, -0.15) is 0 Å². The van der Waals surface area contributed by atoms with Crippen LogP contribution in [0.15, 0.2) is 168 Å². The maximum absolute atomic E-state index is 6.61. The Kier molecular flexibility index (Phi) is 5.92. The highest BCUT2D eigenvalue weighted by atomic mass is 16.3. The number of nitrogens with zero attached hydrogens (tertiary/aromatic N) is 3. The Morgan fingerprint density at radius 2 is 0.882 bits per heavy atom. The molecular formula is C47H27N3O. The number of furan rings is 1. The van der Waals surface area contributed by atoms with Gasteiger partial charge in [0.1, 0.15) is 11.2 Å². The summed E-state index contributed by atoms with van der Waals surface area (Å²) < 4.78 is 6.61. The Bertz CT molecular complexity index is 3010. The van der Waals surface area contributed by atoms with Crippen molar-refractivity contribution < 1.29 is 4.42 Å². The first-order chi connectivity index (χ1) is 25.3. The lowest BCUT2D eigenvalue weighted by molar-refractivity contribution is 0.669. The smallest absolute Gasteiger partial charge is 0.164 e. The lowest BCUT2D eigenvalue weighted by Crippen LogP contribution is -2.01. The summed E-state index contributed by atoms with van der Waals surface area (Å²) in [5, 5.41) is 6.83. The van der Waals surface area contributed by atoms with E-state index in [1.165, 1.54) is 38.6 Å². The molecule has 11 rings (SSSR count). The molecule has 1 aliphatic rings. The average Bonchev–Trinajstić information content (AvgIpc) is 3.73. The first-order valence-electron chi connectivity index (χ1n) is 17.2. The Morgan fingerprint density at radius 3 is 1.69 bits per heavy atom. The molecule has 0 radical (unpaired) electrons. The van der Waals surface area contributed by atoms with Crippen LogP contribution in [-0.2, 0) is 0 Å². The molecule has 51 heavy (non-hydrogen) atoms. The highest BCUT2D eigenvalue weighted by Gasteiger charge is 2.25. The molecular weight excluding hydrogens is 623 g/mol. The Hall–Kier alpha value is -6.91. The minimum atomic E-state index is 0.606. The van der Waals surface area contributed by atoms with Crippen molar-refractivity contribution in [3.63, 3.8) is 0 Å². The van der Waals surface area contributed by atoms with Crippen LogP contribution in [0.2, 0.25) is 0 Å². The van der Waals surface area contributed by atoms with Crippen LogP contribution in [0.5, 0.6) is 0 Å². The van der Waals surface area contributed by atoms with Gasteiger partial charge in [-0.15, -0.1) is 0 Å². The second-order valence-electron chi connectivity index (χ2n) is 13.2. The fourth-order valence-electron chi connectivity index (χ4n) is 7.90.